The molecule has 3 N–H and O–H groups in total. The van der Waals surface area contributed by atoms with Crippen molar-refractivity contribution in [1.29, 1.82) is 0 Å². The largest absolute Gasteiger partial charge is 0.392 e. The van der Waals surface area contributed by atoms with Crippen LogP contribution in [0.4, 0.5) is 5.69 Å². The number of nitrogens with one attached hydrogen (secondary N) is 2. The van der Waals surface area contributed by atoms with Crippen LogP contribution >= 0.6 is 11.6 Å². The molecule has 0 heterocycles. The van der Waals surface area contributed by atoms with E-state index >= 15 is 0 Å². The number of hydrogen-bond donors (Lipinski definition) is 3. The molecule has 1 fully saturated rings. The Hall–Kier alpha value is -1.26. The van der Waals surface area contributed by atoms with Crippen LogP contribution < -0.4 is 10.9 Å². The highest BCUT2D eigenvalue weighted by molar-refractivity contribution is 6.30. The molecule has 1 aliphatic rings. The molecule has 0 radical (unpaired) electrons. The predicted molar refractivity (Wildman–Crippen MR) is 66.6 cm³/mol. The standard InChI is InChI=1S/C12H15ClN2O2/c13-8-3-1-4-9(7-8)14-15-12(17)10-5-2-6-11(10)16/h1,3-4,7,10-11,14,16H,2,5-6H2,(H,15,17). The first-order chi connectivity index (χ1) is 8.16. The Kier molecular flexibility index (Phi) is 3.86. The zero-order chi connectivity index (χ0) is 12.3. The van der Waals surface area contributed by atoms with Crippen LogP contribution in [0.25, 0.3) is 0 Å². The molecule has 2 rings (SSSR count). The quantitative estimate of drug-likeness (QED) is 0.723. The average molecular weight is 255 g/mol. The highest BCUT2D eigenvalue weighted by Crippen LogP contribution is 2.25. The van der Waals surface area contributed by atoms with Gasteiger partial charge in [-0.1, -0.05) is 17.7 Å². The molecule has 0 aliphatic heterocycles. The second-order valence-corrected chi connectivity index (χ2v) is 4.67. The topological polar surface area (TPSA) is 61.4 Å². The Balaban J connectivity index is 1.88. The number of anilines is 1. The molecule has 1 aromatic carbocycles. The summed E-state index contributed by atoms with van der Waals surface area (Å²) < 4.78 is 0. The molecule has 92 valence electrons. The lowest BCUT2D eigenvalue weighted by molar-refractivity contribution is -0.126. The van der Waals surface area contributed by atoms with Crippen LogP contribution in [0.5, 0.6) is 0 Å². The Bertz CT molecular complexity index is 411. The van der Waals surface area contributed by atoms with Gasteiger partial charge < -0.3 is 5.11 Å². The molecule has 1 saturated carbocycles. The van der Waals surface area contributed by atoms with Crippen molar-refractivity contribution in [2.24, 2.45) is 5.92 Å². The molecule has 17 heavy (non-hydrogen) atoms. The van der Waals surface area contributed by atoms with E-state index in [4.69, 9.17) is 11.6 Å². The Morgan fingerprint density at radius 1 is 1.41 bits per heavy atom. The summed E-state index contributed by atoms with van der Waals surface area (Å²) in [5.41, 5.74) is 6.10. The second-order valence-electron chi connectivity index (χ2n) is 4.23. The molecule has 1 aliphatic carbocycles. The van der Waals surface area contributed by atoms with Crippen LogP contribution in [0.1, 0.15) is 19.3 Å². The predicted octanol–water partition coefficient (Wildman–Crippen LogP) is 1.94. The van der Waals surface area contributed by atoms with Crippen molar-refractivity contribution in [1.82, 2.24) is 5.43 Å². The zero-order valence-corrected chi connectivity index (χ0v) is 10.1. The first-order valence-electron chi connectivity index (χ1n) is 5.66. The van der Waals surface area contributed by atoms with Gasteiger partial charge in [0.1, 0.15) is 0 Å². The minimum Gasteiger partial charge on any atom is -0.392 e. The van der Waals surface area contributed by atoms with Gasteiger partial charge >= 0.3 is 0 Å². The van der Waals surface area contributed by atoms with Crippen LogP contribution in [-0.4, -0.2) is 17.1 Å². The number of halogens is 1. The molecule has 0 bridgehead atoms. The molecule has 2 unspecified atom stereocenters. The normalized spacial score (nSPS) is 23.4. The number of benzene rings is 1. The summed E-state index contributed by atoms with van der Waals surface area (Å²) in [6.07, 6.45) is 1.83. The monoisotopic (exact) mass is 254 g/mol. The van der Waals surface area contributed by atoms with E-state index in [0.717, 1.165) is 18.5 Å². The van der Waals surface area contributed by atoms with Gasteiger partial charge in [-0.15, -0.1) is 0 Å². The average Bonchev–Trinajstić information content (AvgIpc) is 2.72. The summed E-state index contributed by atoms with van der Waals surface area (Å²) >= 11 is 5.82. The molecule has 1 amide bonds. The lowest BCUT2D eigenvalue weighted by atomic mass is 10.1. The first kappa shape index (κ1) is 12.2. The lowest BCUT2D eigenvalue weighted by Gasteiger charge is -2.15. The third kappa shape index (κ3) is 3.11. The summed E-state index contributed by atoms with van der Waals surface area (Å²) in [4.78, 5) is 11.7. The number of carbonyl (C=O) groups excluding carboxylic acids is 1. The third-order valence-electron chi connectivity index (χ3n) is 2.97. The van der Waals surface area contributed by atoms with Crippen molar-refractivity contribution < 1.29 is 9.90 Å². The lowest BCUT2D eigenvalue weighted by Crippen LogP contribution is -2.38. The van der Waals surface area contributed by atoms with Gasteiger partial charge in [0.2, 0.25) is 5.91 Å². The van der Waals surface area contributed by atoms with Crippen molar-refractivity contribution >= 4 is 23.2 Å². The summed E-state index contributed by atoms with van der Waals surface area (Å²) in [7, 11) is 0. The molecular formula is C12H15ClN2O2. The van der Waals surface area contributed by atoms with Crippen LogP contribution in [0.3, 0.4) is 0 Å². The van der Waals surface area contributed by atoms with Crippen molar-refractivity contribution in [2.45, 2.75) is 25.4 Å². The number of rotatable bonds is 3. The Morgan fingerprint density at radius 2 is 2.24 bits per heavy atom. The maximum absolute atomic E-state index is 11.7. The van der Waals surface area contributed by atoms with Gasteiger partial charge in [-0.2, -0.15) is 0 Å². The molecule has 1 aromatic rings. The van der Waals surface area contributed by atoms with Gasteiger partial charge in [-0.25, -0.2) is 0 Å². The molecule has 0 aromatic heterocycles. The molecule has 0 spiro atoms. The van der Waals surface area contributed by atoms with E-state index in [-0.39, 0.29) is 11.8 Å². The SMILES string of the molecule is O=C(NNc1cccc(Cl)c1)C1CCCC1O. The smallest absolute Gasteiger partial charge is 0.244 e. The fourth-order valence-corrected chi connectivity index (χ4v) is 2.23. The van der Waals surface area contributed by atoms with Crippen LogP contribution in [0.2, 0.25) is 5.02 Å². The molecule has 2 atom stereocenters. The van der Waals surface area contributed by atoms with Gasteiger partial charge in [-0.05, 0) is 37.5 Å². The number of hydrazine groups is 1. The van der Waals surface area contributed by atoms with Gasteiger partial charge in [0.05, 0.1) is 17.7 Å². The van der Waals surface area contributed by atoms with E-state index < -0.39 is 6.10 Å². The number of aliphatic hydroxyl groups excluding tert-OH is 1. The van der Waals surface area contributed by atoms with Crippen LogP contribution in [0, 0.1) is 5.92 Å². The Labute approximate surface area is 105 Å². The van der Waals surface area contributed by atoms with E-state index in [1.54, 1.807) is 24.3 Å². The van der Waals surface area contributed by atoms with Crippen molar-refractivity contribution in [2.75, 3.05) is 5.43 Å². The van der Waals surface area contributed by atoms with Crippen LogP contribution in [-0.2, 0) is 4.79 Å². The minimum absolute atomic E-state index is 0.171. The van der Waals surface area contributed by atoms with E-state index in [1.165, 1.54) is 0 Å². The zero-order valence-electron chi connectivity index (χ0n) is 9.32. The highest BCUT2D eigenvalue weighted by Gasteiger charge is 2.31. The summed E-state index contributed by atoms with van der Waals surface area (Å²) in [6.45, 7) is 0. The summed E-state index contributed by atoms with van der Waals surface area (Å²) in [5, 5.41) is 10.2. The molecule has 0 saturated heterocycles. The highest BCUT2D eigenvalue weighted by atomic mass is 35.5. The third-order valence-corrected chi connectivity index (χ3v) is 3.21. The van der Waals surface area contributed by atoms with Gasteiger partial charge in [0.15, 0.2) is 0 Å². The van der Waals surface area contributed by atoms with Crippen molar-refractivity contribution in [3.8, 4) is 0 Å². The van der Waals surface area contributed by atoms with Crippen LogP contribution in [0.15, 0.2) is 24.3 Å². The van der Waals surface area contributed by atoms with Gasteiger partial charge in [0.25, 0.3) is 0 Å². The number of amides is 1. The maximum Gasteiger partial charge on any atom is 0.244 e. The fraction of sp³-hybridized carbons (Fsp3) is 0.417. The van der Waals surface area contributed by atoms with Crippen molar-refractivity contribution in [3.05, 3.63) is 29.3 Å². The second kappa shape index (κ2) is 5.38. The maximum atomic E-state index is 11.7. The summed E-state index contributed by atoms with van der Waals surface area (Å²) in [5.74, 6) is -0.475. The molecule has 4 nitrogen and oxygen atoms in total. The molecular weight excluding hydrogens is 240 g/mol. The van der Waals surface area contributed by atoms with Crippen molar-refractivity contribution in [3.63, 3.8) is 0 Å². The fourth-order valence-electron chi connectivity index (χ4n) is 2.04. The number of carbonyl (C=O) groups is 1. The minimum atomic E-state index is -0.517. The van der Waals surface area contributed by atoms with Gasteiger partial charge in [0, 0.05) is 5.02 Å². The van der Waals surface area contributed by atoms with E-state index in [9.17, 15) is 9.90 Å². The molecule has 5 heteroatoms. The first-order valence-corrected chi connectivity index (χ1v) is 6.04. The Morgan fingerprint density at radius 3 is 2.88 bits per heavy atom. The van der Waals surface area contributed by atoms with E-state index in [1.807, 2.05) is 0 Å². The number of aliphatic hydroxyl groups is 1. The summed E-state index contributed by atoms with van der Waals surface area (Å²) in [6, 6.07) is 7.07. The van der Waals surface area contributed by atoms with Gasteiger partial charge in [-0.3, -0.25) is 15.6 Å². The van der Waals surface area contributed by atoms with E-state index in [0.29, 0.717) is 11.4 Å². The number of hydrogen-bond acceptors (Lipinski definition) is 3. The van der Waals surface area contributed by atoms with E-state index in [2.05, 4.69) is 10.9 Å².